The number of pyridine rings is 1. The Labute approximate surface area is 82.5 Å². The van der Waals surface area contributed by atoms with Crippen LogP contribution >= 0.6 is 27.5 Å². The molecule has 0 saturated heterocycles. The van der Waals surface area contributed by atoms with Crippen molar-refractivity contribution in [3.8, 4) is 0 Å². The highest BCUT2D eigenvalue weighted by atomic mass is 79.9. The predicted octanol–water partition coefficient (Wildman–Crippen LogP) is 1.74. The summed E-state index contributed by atoms with van der Waals surface area (Å²) in [6.45, 7) is 0. The van der Waals surface area contributed by atoms with Crippen molar-refractivity contribution < 1.29 is 13.0 Å². The highest BCUT2D eigenvalue weighted by molar-refractivity contribution is 9.10. The van der Waals surface area contributed by atoms with E-state index in [-0.39, 0.29) is 5.15 Å². The monoisotopic (exact) mass is 271 g/mol. The first kappa shape index (κ1) is 9.91. The molecule has 0 saturated carbocycles. The summed E-state index contributed by atoms with van der Waals surface area (Å²) in [4.78, 5) is 3.12. The summed E-state index contributed by atoms with van der Waals surface area (Å²) in [6, 6.07) is 1.17. The molecule has 0 aromatic carbocycles. The normalized spacial score (nSPS) is 11.6. The maximum absolute atomic E-state index is 10.6. The zero-order valence-electron chi connectivity index (χ0n) is 5.53. The van der Waals surface area contributed by atoms with Crippen LogP contribution in [0.1, 0.15) is 0 Å². The van der Waals surface area contributed by atoms with Crippen molar-refractivity contribution in [1.29, 1.82) is 0 Å². The lowest BCUT2D eigenvalue weighted by molar-refractivity contribution is 0.483. The van der Waals surface area contributed by atoms with Crippen molar-refractivity contribution in [2.45, 2.75) is 4.90 Å². The molecule has 0 spiro atoms. The minimum Gasteiger partial charge on any atom is -0.282 e. The quantitative estimate of drug-likeness (QED) is 0.625. The molecule has 4 nitrogen and oxygen atoms in total. The SMILES string of the molecule is O=S(=O)(O)c1cc(Br)cnc1Cl. The van der Waals surface area contributed by atoms with E-state index in [9.17, 15) is 8.42 Å². The van der Waals surface area contributed by atoms with E-state index >= 15 is 0 Å². The molecule has 7 heteroatoms. The fourth-order valence-corrected chi connectivity index (χ4v) is 2.01. The molecule has 0 aliphatic carbocycles. The second-order valence-electron chi connectivity index (χ2n) is 1.92. The minimum atomic E-state index is -4.28. The number of hydrogen-bond acceptors (Lipinski definition) is 3. The predicted molar refractivity (Wildman–Crippen MR) is 46.8 cm³/mol. The molecular weight excluding hydrogens is 269 g/mol. The van der Waals surface area contributed by atoms with Gasteiger partial charge in [0.25, 0.3) is 10.1 Å². The molecule has 0 bridgehead atoms. The van der Waals surface area contributed by atoms with E-state index < -0.39 is 15.0 Å². The molecule has 1 heterocycles. The molecule has 12 heavy (non-hydrogen) atoms. The van der Waals surface area contributed by atoms with E-state index in [1.807, 2.05) is 0 Å². The molecule has 1 aromatic rings. The molecule has 0 unspecified atom stereocenters. The third kappa shape index (κ3) is 2.16. The van der Waals surface area contributed by atoms with Crippen molar-refractivity contribution >= 4 is 37.6 Å². The maximum atomic E-state index is 10.6. The van der Waals surface area contributed by atoms with Gasteiger partial charge in [0.1, 0.15) is 10.0 Å². The Bertz CT molecular complexity index is 405. The number of hydrogen-bond donors (Lipinski definition) is 1. The molecular formula is C5H3BrClNO3S. The Kier molecular flexibility index (Phi) is 2.72. The molecule has 0 radical (unpaired) electrons. The first-order valence-corrected chi connectivity index (χ1v) is 5.31. The van der Waals surface area contributed by atoms with Crippen LogP contribution in [-0.2, 0) is 10.1 Å². The van der Waals surface area contributed by atoms with E-state index in [0.29, 0.717) is 4.47 Å². The fraction of sp³-hybridized carbons (Fsp3) is 0. The highest BCUT2D eigenvalue weighted by Crippen LogP contribution is 2.21. The zero-order chi connectivity index (χ0) is 9.35. The molecule has 1 rings (SSSR count). The lowest BCUT2D eigenvalue weighted by Gasteiger charge is -1.98. The summed E-state index contributed by atoms with van der Waals surface area (Å²) >= 11 is 8.40. The summed E-state index contributed by atoms with van der Waals surface area (Å²) in [7, 11) is -4.28. The van der Waals surface area contributed by atoms with Crippen LogP contribution in [0.25, 0.3) is 0 Å². The van der Waals surface area contributed by atoms with Gasteiger partial charge in [-0.05, 0) is 22.0 Å². The molecule has 0 fully saturated rings. The lowest BCUT2D eigenvalue weighted by Crippen LogP contribution is -2.00. The van der Waals surface area contributed by atoms with Crippen LogP contribution in [0.5, 0.6) is 0 Å². The number of aromatic nitrogens is 1. The maximum Gasteiger partial charge on any atom is 0.297 e. The topological polar surface area (TPSA) is 67.3 Å². The summed E-state index contributed by atoms with van der Waals surface area (Å²) < 4.78 is 30.3. The Hall–Kier alpha value is -0.170. The van der Waals surface area contributed by atoms with Crippen LogP contribution < -0.4 is 0 Å². The van der Waals surface area contributed by atoms with E-state index in [2.05, 4.69) is 20.9 Å². The summed E-state index contributed by atoms with van der Waals surface area (Å²) in [5, 5.41) is -0.249. The van der Waals surface area contributed by atoms with Gasteiger partial charge in [0.05, 0.1) is 0 Å². The van der Waals surface area contributed by atoms with Crippen LogP contribution in [0.4, 0.5) is 0 Å². The third-order valence-electron chi connectivity index (χ3n) is 1.05. The molecule has 0 aliphatic heterocycles. The Morgan fingerprint density at radius 1 is 1.58 bits per heavy atom. The highest BCUT2D eigenvalue weighted by Gasteiger charge is 2.15. The van der Waals surface area contributed by atoms with E-state index in [0.717, 1.165) is 0 Å². The first-order valence-electron chi connectivity index (χ1n) is 2.70. The summed E-state index contributed by atoms with van der Waals surface area (Å²) in [6.07, 6.45) is 1.33. The summed E-state index contributed by atoms with van der Waals surface area (Å²) in [5.74, 6) is 0. The van der Waals surface area contributed by atoms with Gasteiger partial charge in [0.2, 0.25) is 0 Å². The van der Waals surface area contributed by atoms with Crippen LogP contribution in [-0.4, -0.2) is 18.0 Å². The van der Waals surface area contributed by atoms with E-state index in [1.54, 1.807) is 0 Å². The molecule has 0 atom stereocenters. The Balaban J connectivity index is 3.43. The van der Waals surface area contributed by atoms with Crippen molar-refractivity contribution in [2.24, 2.45) is 0 Å². The Morgan fingerprint density at radius 2 is 2.17 bits per heavy atom. The first-order chi connectivity index (χ1) is 5.41. The van der Waals surface area contributed by atoms with Gasteiger partial charge in [0, 0.05) is 10.7 Å². The Morgan fingerprint density at radius 3 is 2.58 bits per heavy atom. The second kappa shape index (κ2) is 3.29. The standard InChI is InChI=1S/C5H3BrClNO3S/c6-3-1-4(12(9,10)11)5(7)8-2-3/h1-2H,(H,9,10,11). The van der Waals surface area contributed by atoms with Crippen molar-refractivity contribution in [3.63, 3.8) is 0 Å². The average Bonchev–Trinajstić information content (AvgIpc) is 1.92. The number of nitrogens with zero attached hydrogens (tertiary/aromatic N) is 1. The van der Waals surface area contributed by atoms with Gasteiger partial charge >= 0.3 is 0 Å². The average molecular weight is 273 g/mol. The number of halogens is 2. The van der Waals surface area contributed by atoms with Crippen molar-refractivity contribution in [1.82, 2.24) is 4.98 Å². The third-order valence-corrected chi connectivity index (χ3v) is 2.77. The van der Waals surface area contributed by atoms with Gasteiger partial charge in [-0.25, -0.2) is 4.98 Å². The molecule has 0 amide bonds. The van der Waals surface area contributed by atoms with Crippen LogP contribution in [0.2, 0.25) is 5.15 Å². The lowest BCUT2D eigenvalue weighted by atomic mass is 10.5. The molecule has 1 aromatic heterocycles. The smallest absolute Gasteiger partial charge is 0.282 e. The largest absolute Gasteiger partial charge is 0.297 e. The van der Waals surface area contributed by atoms with Gasteiger partial charge in [-0.3, -0.25) is 4.55 Å². The van der Waals surface area contributed by atoms with Crippen LogP contribution in [0.15, 0.2) is 21.6 Å². The molecule has 66 valence electrons. The van der Waals surface area contributed by atoms with Gasteiger partial charge < -0.3 is 0 Å². The zero-order valence-corrected chi connectivity index (χ0v) is 8.69. The van der Waals surface area contributed by atoms with Crippen molar-refractivity contribution in [2.75, 3.05) is 0 Å². The van der Waals surface area contributed by atoms with Gasteiger partial charge in [-0.15, -0.1) is 0 Å². The van der Waals surface area contributed by atoms with Gasteiger partial charge in [0.15, 0.2) is 0 Å². The van der Waals surface area contributed by atoms with E-state index in [1.165, 1.54) is 12.3 Å². The second-order valence-corrected chi connectivity index (χ2v) is 4.58. The van der Waals surface area contributed by atoms with E-state index in [4.69, 9.17) is 16.2 Å². The summed E-state index contributed by atoms with van der Waals surface area (Å²) in [5.41, 5.74) is 0. The van der Waals surface area contributed by atoms with Gasteiger partial charge in [-0.2, -0.15) is 8.42 Å². The molecule has 1 N–H and O–H groups in total. The van der Waals surface area contributed by atoms with Crippen molar-refractivity contribution in [3.05, 3.63) is 21.9 Å². The number of rotatable bonds is 1. The molecule has 0 aliphatic rings. The minimum absolute atomic E-state index is 0.249. The van der Waals surface area contributed by atoms with Crippen LogP contribution in [0, 0.1) is 0 Å². The van der Waals surface area contributed by atoms with Crippen LogP contribution in [0.3, 0.4) is 0 Å². The fourth-order valence-electron chi connectivity index (χ4n) is 0.585. The van der Waals surface area contributed by atoms with Gasteiger partial charge in [-0.1, -0.05) is 11.6 Å².